The van der Waals surface area contributed by atoms with Crippen LogP contribution in [0, 0.1) is 5.92 Å². The largest absolute Gasteiger partial charge is 0.506 e. The summed E-state index contributed by atoms with van der Waals surface area (Å²) in [5.74, 6) is -0.697. The van der Waals surface area contributed by atoms with Gasteiger partial charge in [-0.15, -0.1) is 0 Å². The third-order valence-corrected chi connectivity index (χ3v) is 2.51. The quantitative estimate of drug-likeness (QED) is 0.634. The minimum Gasteiger partial charge on any atom is -0.506 e. The summed E-state index contributed by atoms with van der Waals surface area (Å²) in [5, 5.41) is 14.6. The monoisotopic (exact) mass is 220 g/mol. The first kappa shape index (κ1) is 10.5. The zero-order valence-corrected chi connectivity index (χ0v) is 8.56. The Bertz CT molecular complexity index is 431. The number of rotatable bonds is 2. The number of carbonyl (C=O) groups excluding carboxylic acids is 2. The van der Waals surface area contributed by atoms with Crippen molar-refractivity contribution in [2.75, 3.05) is 11.9 Å². The second kappa shape index (κ2) is 4.22. The zero-order valence-electron chi connectivity index (χ0n) is 8.56. The first-order chi connectivity index (χ1) is 7.66. The van der Waals surface area contributed by atoms with Gasteiger partial charge in [-0.2, -0.15) is 0 Å². The first-order valence-electron chi connectivity index (χ1n) is 5.02. The number of carbonyl (C=O) groups is 2. The number of phenols is 1. The fourth-order valence-electron chi connectivity index (χ4n) is 1.60. The van der Waals surface area contributed by atoms with E-state index >= 15 is 0 Å². The number of amides is 2. The highest BCUT2D eigenvalue weighted by Gasteiger charge is 2.28. The van der Waals surface area contributed by atoms with Gasteiger partial charge < -0.3 is 15.7 Å². The maximum Gasteiger partial charge on any atom is 0.229 e. The molecule has 1 atom stereocenters. The summed E-state index contributed by atoms with van der Waals surface area (Å²) in [5.41, 5.74) is 0.367. The van der Waals surface area contributed by atoms with E-state index in [4.69, 9.17) is 0 Å². The fourth-order valence-corrected chi connectivity index (χ4v) is 1.60. The molecule has 1 fully saturated rings. The molecule has 0 spiro atoms. The molecule has 1 heterocycles. The molecule has 2 rings (SSSR count). The zero-order chi connectivity index (χ0) is 11.5. The SMILES string of the molecule is O=C1CC(C(=O)Nc2ccccc2O)CN1. The molecular formula is C11H12N2O3. The first-order valence-corrected chi connectivity index (χ1v) is 5.02. The van der Waals surface area contributed by atoms with Crippen LogP contribution in [0.5, 0.6) is 5.75 Å². The van der Waals surface area contributed by atoms with Crippen molar-refractivity contribution in [1.29, 1.82) is 0 Å². The van der Waals surface area contributed by atoms with Crippen LogP contribution in [0.4, 0.5) is 5.69 Å². The van der Waals surface area contributed by atoms with Crippen LogP contribution in [0.25, 0.3) is 0 Å². The lowest BCUT2D eigenvalue weighted by molar-refractivity contribution is -0.123. The van der Waals surface area contributed by atoms with E-state index in [1.54, 1.807) is 18.2 Å². The summed E-state index contributed by atoms with van der Waals surface area (Å²) in [6, 6.07) is 6.49. The smallest absolute Gasteiger partial charge is 0.229 e. The lowest BCUT2D eigenvalue weighted by Gasteiger charge is -2.09. The van der Waals surface area contributed by atoms with Gasteiger partial charge in [0.05, 0.1) is 11.6 Å². The van der Waals surface area contributed by atoms with Crippen LogP contribution in [-0.2, 0) is 9.59 Å². The van der Waals surface area contributed by atoms with Crippen LogP contribution in [0.15, 0.2) is 24.3 Å². The van der Waals surface area contributed by atoms with Crippen LogP contribution < -0.4 is 10.6 Å². The number of anilines is 1. The molecule has 3 N–H and O–H groups in total. The number of para-hydroxylation sites is 2. The van der Waals surface area contributed by atoms with Gasteiger partial charge in [-0.05, 0) is 12.1 Å². The summed E-state index contributed by atoms with van der Waals surface area (Å²) in [7, 11) is 0. The molecule has 0 aliphatic carbocycles. The number of hydrogen-bond donors (Lipinski definition) is 3. The van der Waals surface area contributed by atoms with Gasteiger partial charge in [0.1, 0.15) is 5.75 Å². The third kappa shape index (κ3) is 2.13. The molecule has 2 amide bonds. The van der Waals surface area contributed by atoms with Gasteiger partial charge in [0, 0.05) is 13.0 Å². The minimum atomic E-state index is -0.355. The summed E-state index contributed by atoms with van der Waals surface area (Å²) in [6.45, 7) is 0.359. The van der Waals surface area contributed by atoms with E-state index in [9.17, 15) is 14.7 Å². The van der Waals surface area contributed by atoms with Crippen molar-refractivity contribution in [3.63, 3.8) is 0 Å². The lowest BCUT2D eigenvalue weighted by Crippen LogP contribution is -2.24. The Morgan fingerprint density at radius 3 is 2.81 bits per heavy atom. The maximum atomic E-state index is 11.7. The van der Waals surface area contributed by atoms with Gasteiger partial charge in [0.2, 0.25) is 11.8 Å². The Morgan fingerprint density at radius 2 is 2.19 bits per heavy atom. The molecule has 1 aliphatic heterocycles. The van der Waals surface area contributed by atoms with Crippen LogP contribution in [-0.4, -0.2) is 23.5 Å². The second-order valence-electron chi connectivity index (χ2n) is 3.71. The maximum absolute atomic E-state index is 11.7. The van der Waals surface area contributed by atoms with Gasteiger partial charge in [0.25, 0.3) is 0 Å². The van der Waals surface area contributed by atoms with Crippen molar-refractivity contribution in [3.05, 3.63) is 24.3 Å². The molecule has 1 saturated heterocycles. The topological polar surface area (TPSA) is 78.4 Å². The van der Waals surface area contributed by atoms with Gasteiger partial charge in [-0.1, -0.05) is 12.1 Å². The van der Waals surface area contributed by atoms with Gasteiger partial charge in [0.15, 0.2) is 0 Å². The molecule has 0 bridgehead atoms. The minimum absolute atomic E-state index is 0.0214. The Hall–Kier alpha value is -2.04. The molecule has 1 aliphatic rings. The highest BCUT2D eigenvalue weighted by atomic mass is 16.3. The Labute approximate surface area is 92.5 Å². The molecular weight excluding hydrogens is 208 g/mol. The van der Waals surface area contributed by atoms with Gasteiger partial charge in [-0.3, -0.25) is 9.59 Å². The van der Waals surface area contributed by atoms with E-state index in [2.05, 4.69) is 10.6 Å². The Kier molecular flexibility index (Phi) is 2.76. The van der Waals surface area contributed by atoms with Crippen molar-refractivity contribution in [3.8, 4) is 5.75 Å². The van der Waals surface area contributed by atoms with Crippen molar-refractivity contribution in [1.82, 2.24) is 5.32 Å². The fraction of sp³-hybridized carbons (Fsp3) is 0.273. The summed E-state index contributed by atoms with van der Waals surface area (Å²) in [4.78, 5) is 22.6. The van der Waals surface area contributed by atoms with Crippen molar-refractivity contribution < 1.29 is 14.7 Å². The molecule has 5 nitrogen and oxygen atoms in total. The van der Waals surface area contributed by atoms with E-state index in [-0.39, 0.29) is 29.9 Å². The number of hydrogen-bond acceptors (Lipinski definition) is 3. The summed E-state index contributed by atoms with van der Waals surface area (Å²) < 4.78 is 0. The van der Waals surface area contributed by atoms with E-state index in [1.165, 1.54) is 6.07 Å². The predicted octanol–water partition coefficient (Wildman–Crippen LogP) is 0.467. The van der Waals surface area contributed by atoms with Crippen LogP contribution in [0.1, 0.15) is 6.42 Å². The lowest BCUT2D eigenvalue weighted by atomic mass is 10.1. The van der Waals surface area contributed by atoms with Crippen LogP contribution >= 0.6 is 0 Å². The molecule has 1 aromatic carbocycles. The van der Waals surface area contributed by atoms with Crippen molar-refractivity contribution in [2.24, 2.45) is 5.92 Å². The van der Waals surface area contributed by atoms with Crippen molar-refractivity contribution in [2.45, 2.75) is 6.42 Å². The predicted molar refractivity (Wildman–Crippen MR) is 57.9 cm³/mol. The highest BCUT2D eigenvalue weighted by molar-refractivity contribution is 5.97. The van der Waals surface area contributed by atoms with Gasteiger partial charge in [-0.25, -0.2) is 0 Å². The van der Waals surface area contributed by atoms with Crippen LogP contribution in [0.2, 0.25) is 0 Å². The van der Waals surface area contributed by atoms with Crippen molar-refractivity contribution >= 4 is 17.5 Å². The van der Waals surface area contributed by atoms with E-state index in [0.29, 0.717) is 12.2 Å². The second-order valence-corrected chi connectivity index (χ2v) is 3.71. The van der Waals surface area contributed by atoms with Crippen LogP contribution in [0.3, 0.4) is 0 Å². The Balaban J connectivity index is 2.03. The van der Waals surface area contributed by atoms with Gasteiger partial charge >= 0.3 is 0 Å². The number of nitrogens with one attached hydrogen (secondary N) is 2. The third-order valence-electron chi connectivity index (χ3n) is 2.51. The standard InChI is InChI=1S/C11H12N2O3/c14-9-4-2-1-3-8(9)13-11(16)7-5-10(15)12-6-7/h1-4,7,14H,5-6H2,(H,12,15)(H,13,16). The summed E-state index contributed by atoms with van der Waals surface area (Å²) in [6.07, 6.45) is 0.208. The average molecular weight is 220 g/mol. The number of benzene rings is 1. The van der Waals surface area contributed by atoms with E-state index in [0.717, 1.165) is 0 Å². The molecule has 0 aromatic heterocycles. The molecule has 84 valence electrons. The van der Waals surface area contributed by atoms with E-state index < -0.39 is 0 Å². The van der Waals surface area contributed by atoms with E-state index in [1.807, 2.05) is 0 Å². The average Bonchev–Trinajstić information content (AvgIpc) is 2.68. The molecule has 5 heteroatoms. The number of phenolic OH excluding ortho intramolecular Hbond substituents is 1. The number of aromatic hydroxyl groups is 1. The molecule has 16 heavy (non-hydrogen) atoms. The highest BCUT2D eigenvalue weighted by Crippen LogP contribution is 2.22. The summed E-state index contributed by atoms with van der Waals surface area (Å²) >= 11 is 0. The molecule has 0 radical (unpaired) electrons. The Morgan fingerprint density at radius 1 is 1.44 bits per heavy atom. The molecule has 1 aromatic rings. The molecule has 0 saturated carbocycles. The molecule has 1 unspecified atom stereocenters. The normalized spacial score (nSPS) is 19.2.